The molecule has 1 saturated carbocycles. The van der Waals surface area contributed by atoms with Crippen LogP contribution in [0.25, 0.3) is 0 Å². The number of nitrogens with two attached hydrogens (primary N) is 1. The number of hydrazine groups is 1. The maximum absolute atomic E-state index is 6.00. The second kappa shape index (κ2) is 7.25. The number of ether oxygens (including phenoxy) is 1. The van der Waals surface area contributed by atoms with Crippen molar-refractivity contribution in [1.82, 2.24) is 10.3 Å². The molecule has 118 valence electrons. The highest BCUT2D eigenvalue weighted by atomic mass is 16.5. The highest BCUT2D eigenvalue weighted by molar-refractivity contribution is 5.38. The Labute approximate surface area is 128 Å². The molecule has 0 aromatic heterocycles. The van der Waals surface area contributed by atoms with E-state index < -0.39 is 0 Å². The van der Waals surface area contributed by atoms with Crippen molar-refractivity contribution >= 4 is 0 Å². The summed E-state index contributed by atoms with van der Waals surface area (Å²) in [6.45, 7) is 0. The zero-order chi connectivity index (χ0) is 15.3. The van der Waals surface area contributed by atoms with E-state index in [-0.39, 0.29) is 11.6 Å². The molecule has 4 heteroatoms. The minimum Gasteiger partial charge on any atom is -0.496 e. The van der Waals surface area contributed by atoms with Crippen molar-refractivity contribution in [3.63, 3.8) is 0 Å². The number of hydrogen-bond acceptors (Lipinski definition) is 4. The lowest BCUT2D eigenvalue weighted by atomic mass is 9.78. The fraction of sp³-hybridized carbons (Fsp3) is 0.647. The van der Waals surface area contributed by atoms with Gasteiger partial charge < -0.3 is 9.64 Å². The van der Waals surface area contributed by atoms with Gasteiger partial charge in [0.05, 0.1) is 13.2 Å². The lowest BCUT2D eigenvalue weighted by Gasteiger charge is -2.46. The molecule has 1 aliphatic rings. The molecule has 0 heterocycles. The van der Waals surface area contributed by atoms with Crippen LogP contribution in [0.1, 0.15) is 50.1 Å². The third-order valence-corrected chi connectivity index (χ3v) is 5.01. The minimum absolute atomic E-state index is 0.0416. The van der Waals surface area contributed by atoms with Crippen LogP contribution in [0.2, 0.25) is 0 Å². The molecule has 0 radical (unpaired) electrons. The van der Waals surface area contributed by atoms with E-state index >= 15 is 0 Å². The SMILES string of the molecule is COc1ccccc1C(NN)C1(N(C)C)CCCCCC1. The highest BCUT2D eigenvalue weighted by Crippen LogP contribution is 2.43. The standard InChI is InChI=1S/C17H29N3O/c1-20(2)17(12-8-4-5-9-13-17)16(19-18)14-10-6-7-11-15(14)21-3/h6-7,10-11,16,19H,4-5,8-9,12-13,18H2,1-3H3. The van der Waals surface area contributed by atoms with Crippen molar-refractivity contribution in [1.29, 1.82) is 0 Å². The number of benzene rings is 1. The first-order valence-corrected chi connectivity index (χ1v) is 7.92. The van der Waals surface area contributed by atoms with Crippen LogP contribution >= 0.6 is 0 Å². The molecule has 21 heavy (non-hydrogen) atoms. The summed E-state index contributed by atoms with van der Waals surface area (Å²) in [5.41, 5.74) is 4.28. The van der Waals surface area contributed by atoms with E-state index in [4.69, 9.17) is 10.6 Å². The van der Waals surface area contributed by atoms with Crippen molar-refractivity contribution < 1.29 is 4.74 Å². The Morgan fingerprint density at radius 1 is 1.14 bits per heavy atom. The van der Waals surface area contributed by atoms with Crippen LogP contribution < -0.4 is 16.0 Å². The predicted octanol–water partition coefficient (Wildman–Crippen LogP) is 2.85. The van der Waals surface area contributed by atoms with E-state index in [1.807, 2.05) is 12.1 Å². The van der Waals surface area contributed by atoms with Gasteiger partial charge in [-0.1, -0.05) is 43.9 Å². The lowest BCUT2D eigenvalue weighted by molar-refractivity contribution is 0.0788. The van der Waals surface area contributed by atoms with Gasteiger partial charge in [0.25, 0.3) is 0 Å². The van der Waals surface area contributed by atoms with Gasteiger partial charge in [-0.25, -0.2) is 0 Å². The van der Waals surface area contributed by atoms with Crippen LogP contribution in [-0.4, -0.2) is 31.6 Å². The summed E-state index contributed by atoms with van der Waals surface area (Å²) in [6.07, 6.45) is 7.47. The minimum atomic E-state index is 0.0416. The molecule has 2 rings (SSSR count). The fourth-order valence-electron chi connectivity index (χ4n) is 3.77. The van der Waals surface area contributed by atoms with Gasteiger partial charge in [0.1, 0.15) is 5.75 Å². The molecule has 0 spiro atoms. The van der Waals surface area contributed by atoms with Crippen LogP contribution in [0, 0.1) is 0 Å². The van der Waals surface area contributed by atoms with Gasteiger partial charge >= 0.3 is 0 Å². The maximum atomic E-state index is 6.00. The zero-order valence-electron chi connectivity index (χ0n) is 13.6. The van der Waals surface area contributed by atoms with Crippen molar-refractivity contribution in [2.75, 3.05) is 21.2 Å². The summed E-state index contributed by atoms with van der Waals surface area (Å²) in [5.74, 6) is 6.91. The second-order valence-electron chi connectivity index (χ2n) is 6.25. The van der Waals surface area contributed by atoms with Crippen LogP contribution in [0.15, 0.2) is 24.3 Å². The van der Waals surface area contributed by atoms with E-state index in [0.29, 0.717) is 0 Å². The number of rotatable bonds is 5. The molecule has 3 N–H and O–H groups in total. The molecule has 1 aromatic rings. The van der Waals surface area contributed by atoms with Gasteiger partial charge in [-0.2, -0.15) is 0 Å². The van der Waals surface area contributed by atoms with E-state index in [0.717, 1.165) is 24.2 Å². The predicted molar refractivity (Wildman–Crippen MR) is 87.2 cm³/mol. The second-order valence-corrected chi connectivity index (χ2v) is 6.25. The molecule has 1 fully saturated rings. The van der Waals surface area contributed by atoms with Crippen molar-refractivity contribution in [3.8, 4) is 5.75 Å². The molecular weight excluding hydrogens is 262 g/mol. The molecule has 0 aliphatic heterocycles. The smallest absolute Gasteiger partial charge is 0.123 e. The van der Waals surface area contributed by atoms with Crippen molar-refractivity contribution in [2.45, 2.75) is 50.1 Å². The molecular formula is C17H29N3O. The quantitative estimate of drug-likeness (QED) is 0.497. The van der Waals surface area contributed by atoms with Gasteiger partial charge in [0.2, 0.25) is 0 Å². The number of methoxy groups -OCH3 is 1. The van der Waals surface area contributed by atoms with Gasteiger partial charge in [0.15, 0.2) is 0 Å². The van der Waals surface area contributed by atoms with E-state index in [9.17, 15) is 0 Å². The molecule has 0 bridgehead atoms. The summed E-state index contributed by atoms with van der Waals surface area (Å²) in [4.78, 5) is 2.36. The topological polar surface area (TPSA) is 50.5 Å². The molecule has 1 aromatic carbocycles. The first kappa shape index (κ1) is 16.3. The number of nitrogens with zero attached hydrogens (tertiary/aromatic N) is 1. The molecule has 4 nitrogen and oxygen atoms in total. The average molecular weight is 291 g/mol. The van der Waals surface area contributed by atoms with Gasteiger partial charge in [-0.15, -0.1) is 0 Å². The monoisotopic (exact) mass is 291 g/mol. The fourth-order valence-corrected chi connectivity index (χ4v) is 3.77. The summed E-state index contributed by atoms with van der Waals surface area (Å²) in [6, 6.07) is 8.27. The normalized spacial score (nSPS) is 20.0. The van der Waals surface area contributed by atoms with Gasteiger partial charge in [-0.05, 0) is 33.0 Å². The first-order valence-electron chi connectivity index (χ1n) is 7.92. The molecule has 1 unspecified atom stereocenters. The maximum Gasteiger partial charge on any atom is 0.123 e. The number of hydrogen-bond donors (Lipinski definition) is 2. The Balaban J connectivity index is 2.44. The molecule has 1 aliphatic carbocycles. The first-order chi connectivity index (χ1) is 10.2. The molecule has 1 atom stereocenters. The van der Waals surface area contributed by atoms with Crippen LogP contribution in [0.5, 0.6) is 5.75 Å². The van der Waals surface area contributed by atoms with Crippen molar-refractivity contribution in [3.05, 3.63) is 29.8 Å². The Bertz CT molecular complexity index is 439. The number of para-hydroxylation sites is 1. The summed E-state index contributed by atoms with van der Waals surface area (Å²) >= 11 is 0. The van der Waals surface area contributed by atoms with E-state index in [1.54, 1.807) is 7.11 Å². The van der Waals surface area contributed by atoms with Crippen LogP contribution in [0.3, 0.4) is 0 Å². The molecule has 0 amide bonds. The van der Waals surface area contributed by atoms with Crippen molar-refractivity contribution in [2.24, 2.45) is 5.84 Å². The van der Waals surface area contributed by atoms with Gasteiger partial charge in [0, 0.05) is 11.1 Å². The van der Waals surface area contributed by atoms with E-state index in [1.165, 1.54) is 25.7 Å². The Kier molecular flexibility index (Phi) is 5.62. The van der Waals surface area contributed by atoms with E-state index in [2.05, 4.69) is 36.6 Å². The zero-order valence-corrected chi connectivity index (χ0v) is 13.6. The van der Waals surface area contributed by atoms with Gasteiger partial charge in [-0.3, -0.25) is 11.3 Å². The number of nitrogens with one attached hydrogen (secondary N) is 1. The Hall–Kier alpha value is -1.10. The third kappa shape index (κ3) is 3.23. The largest absolute Gasteiger partial charge is 0.496 e. The lowest BCUT2D eigenvalue weighted by Crippen LogP contribution is -2.55. The summed E-state index contributed by atoms with van der Waals surface area (Å²) < 4.78 is 5.56. The Morgan fingerprint density at radius 3 is 2.29 bits per heavy atom. The van der Waals surface area contributed by atoms with Crippen LogP contribution in [0.4, 0.5) is 0 Å². The summed E-state index contributed by atoms with van der Waals surface area (Å²) in [7, 11) is 6.07. The Morgan fingerprint density at radius 2 is 1.76 bits per heavy atom. The van der Waals surface area contributed by atoms with Crippen LogP contribution in [-0.2, 0) is 0 Å². The molecule has 0 saturated heterocycles. The highest BCUT2D eigenvalue weighted by Gasteiger charge is 2.42. The third-order valence-electron chi connectivity index (χ3n) is 5.01. The number of likely N-dealkylation sites (N-methyl/N-ethyl adjacent to an activating group) is 1. The average Bonchev–Trinajstić information content (AvgIpc) is 2.75. The summed E-state index contributed by atoms with van der Waals surface area (Å²) in [5, 5.41) is 0.